The van der Waals surface area contributed by atoms with E-state index in [1.54, 1.807) is 0 Å². The van der Waals surface area contributed by atoms with Crippen LogP contribution < -0.4 is 0 Å². The second-order valence-corrected chi connectivity index (χ2v) is 8.22. The highest BCUT2D eigenvalue weighted by molar-refractivity contribution is 9.11. The molecule has 1 aromatic heterocycles. The first-order chi connectivity index (χ1) is 8.39. The molecule has 18 heavy (non-hydrogen) atoms. The summed E-state index contributed by atoms with van der Waals surface area (Å²) in [6.45, 7) is 6.76. The van der Waals surface area contributed by atoms with Crippen LogP contribution >= 0.6 is 43.2 Å². The summed E-state index contributed by atoms with van der Waals surface area (Å²) in [6.07, 6.45) is 0. The molecule has 1 atom stereocenters. The molecule has 0 amide bonds. The number of thiophene rings is 1. The van der Waals surface area contributed by atoms with E-state index >= 15 is 0 Å². The first-order valence-corrected chi connectivity index (χ1v) is 8.41. The smallest absolute Gasteiger partial charge is 0.0749 e. The van der Waals surface area contributed by atoms with Gasteiger partial charge in [-0.25, -0.2) is 0 Å². The highest BCUT2D eigenvalue weighted by Gasteiger charge is 2.20. The van der Waals surface area contributed by atoms with E-state index < -0.39 is 0 Å². The van der Waals surface area contributed by atoms with Crippen molar-refractivity contribution in [3.05, 3.63) is 56.2 Å². The van der Waals surface area contributed by atoms with E-state index in [0.717, 1.165) is 4.47 Å². The molecule has 1 unspecified atom stereocenters. The van der Waals surface area contributed by atoms with Crippen LogP contribution in [0.4, 0.5) is 0 Å². The molecule has 0 nitrogen and oxygen atoms in total. The Morgan fingerprint density at radius 2 is 1.72 bits per heavy atom. The molecule has 0 spiro atoms. The van der Waals surface area contributed by atoms with Gasteiger partial charge in [0.25, 0.3) is 0 Å². The Hall–Kier alpha value is -0.120. The van der Waals surface area contributed by atoms with Crippen molar-refractivity contribution in [2.45, 2.75) is 31.0 Å². The highest BCUT2D eigenvalue weighted by atomic mass is 79.9. The van der Waals surface area contributed by atoms with E-state index in [2.05, 4.69) is 83.0 Å². The summed E-state index contributed by atoms with van der Waals surface area (Å²) in [5.41, 5.74) is 1.50. The molecular formula is C15H16Br2S. The van der Waals surface area contributed by atoms with Crippen LogP contribution in [-0.2, 0) is 5.41 Å². The van der Waals surface area contributed by atoms with Crippen LogP contribution in [0.1, 0.15) is 40.9 Å². The summed E-state index contributed by atoms with van der Waals surface area (Å²) in [6, 6.07) is 12.8. The van der Waals surface area contributed by atoms with Crippen LogP contribution in [-0.4, -0.2) is 0 Å². The summed E-state index contributed by atoms with van der Waals surface area (Å²) in [5.74, 6) is 0. The molecule has 3 heteroatoms. The molecule has 0 aliphatic heterocycles. The molecule has 0 radical (unpaired) electrons. The molecule has 0 fully saturated rings. The predicted octanol–water partition coefficient (Wildman–Crippen LogP) is 6.29. The van der Waals surface area contributed by atoms with Crippen LogP contribution in [0.3, 0.4) is 0 Å². The van der Waals surface area contributed by atoms with Gasteiger partial charge in [0.15, 0.2) is 0 Å². The molecular weight excluding hydrogens is 372 g/mol. The molecule has 2 rings (SSSR count). The second kappa shape index (κ2) is 5.48. The summed E-state index contributed by atoms with van der Waals surface area (Å²) in [7, 11) is 0. The number of alkyl halides is 1. The van der Waals surface area contributed by atoms with Crippen molar-refractivity contribution in [1.29, 1.82) is 0 Å². The Morgan fingerprint density at radius 3 is 2.28 bits per heavy atom. The number of hydrogen-bond acceptors (Lipinski definition) is 1. The molecule has 0 N–H and O–H groups in total. The molecule has 0 saturated carbocycles. The van der Waals surface area contributed by atoms with E-state index in [1.807, 2.05) is 17.4 Å². The first-order valence-electron chi connectivity index (χ1n) is 5.88. The van der Waals surface area contributed by atoms with Crippen molar-refractivity contribution in [1.82, 2.24) is 0 Å². The maximum Gasteiger partial charge on any atom is 0.0749 e. The topological polar surface area (TPSA) is 0 Å². The normalized spacial score (nSPS) is 13.6. The maximum absolute atomic E-state index is 3.81. The van der Waals surface area contributed by atoms with Gasteiger partial charge < -0.3 is 0 Å². The van der Waals surface area contributed by atoms with Gasteiger partial charge in [-0.15, -0.1) is 11.3 Å². The van der Waals surface area contributed by atoms with E-state index in [-0.39, 0.29) is 10.2 Å². The van der Waals surface area contributed by atoms with Crippen molar-refractivity contribution in [2.24, 2.45) is 0 Å². The Labute approximate surface area is 130 Å². The molecule has 2 aromatic rings. The number of hydrogen-bond donors (Lipinski definition) is 0. The quantitative estimate of drug-likeness (QED) is 0.531. The minimum atomic E-state index is 0.226. The Balaban J connectivity index is 2.33. The average Bonchev–Trinajstić information content (AvgIpc) is 2.77. The van der Waals surface area contributed by atoms with Gasteiger partial charge in [-0.3, -0.25) is 0 Å². The molecule has 96 valence electrons. The third-order valence-electron chi connectivity index (χ3n) is 2.79. The van der Waals surface area contributed by atoms with Gasteiger partial charge in [-0.2, -0.15) is 0 Å². The fraction of sp³-hybridized carbons (Fsp3) is 0.333. The minimum Gasteiger partial charge on any atom is -0.143 e. The monoisotopic (exact) mass is 386 g/mol. The SMILES string of the molecule is CC(C)(C)c1ccc(C(Br)c2ccccc2Br)s1. The lowest BCUT2D eigenvalue weighted by atomic mass is 9.95. The molecule has 0 saturated heterocycles. The number of rotatable bonds is 2. The van der Waals surface area contributed by atoms with Gasteiger partial charge >= 0.3 is 0 Å². The average molecular weight is 388 g/mol. The van der Waals surface area contributed by atoms with E-state index in [9.17, 15) is 0 Å². The van der Waals surface area contributed by atoms with Crippen LogP contribution in [0.2, 0.25) is 0 Å². The third-order valence-corrected chi connectivity index (χ3v) is 6.38. The van der Waals surface area contributed by atoms with Crippen molar-refractivity contribution in [3.8, 4) is 0 Å². The lowest BCUT2D eigenvalue weighted by molar-refractivity contribution is 0.604. The Morgan fingerprint density at radius 1 is 1.06 bits per heavy atom. The van der Waals surface area contributed by atoms with Gasteiger partial charge in [0.05, 0.1) is 4.83 Å². The second-order valence-electron chi connectivity index (χ2n) is 5.34. The Kier molecular flexibility index (Phi) is 4.35. The lowest BCUT2D eigenvalue weighted by Gasteiger charge is -2.16. The molecule has 1 heterocycles. The van der Waals surface area contributed by atoms with Gasteiger partial charge in [0.1, 0.15) is 0 Å². The van der Waals surface area contributed by atoms with E-state index in [1.165, 1.54) is 15.3 Å². The maximum atomic E-state index is 3.81. The van der Waals surface area contributed by atoms with Crippen LogP contribution in [0, 0.1) is 0 Å². The molecule has 0 bridgehead atoms. The summed E-state index contributed by atoms with van der Waals surface area (Å²) in [5, 5.41) is 0. The number of benzene rings is 1. The van der Waals surface area contributed by atoms with Gasteiger partial charge in [0, 0.05) is 14.2 Å². The molecule has 0 aliphatic carbocycles. The minimum absolute atomic E-state index is 0.226. The van der Waals surface area contributed by atoms with E-state index in [0.29, 0.717) is 0 Å². The molecule has 0 aliphatic rings. The predicted molar refractivity (Wildman–Crippen MR) is 87.9 cm³/mol. The van der Waals surface area contributed by atoms with Gasteiger partial charge in [0.2, 0.25) is 0 Å². The van der Waals surface area contributed by atoms with Crippen molar-refractivity contribution < 1.29 is 0 Å². The zero-order valence-corrected chi connectivity index (χ0v) is 14.7. The summed E-state index contributed by atoms with van der Waals surface area (Å²) >= 11 is 9.30. The fourth-order valence-electron chi connectivity index (χ4n) is 1.73. The number of halogens is 2. The van der Waals surface area contributed by atoms with Crippen LogP contribution in [0.5, 0.6) is 0 Å². The van der Waals surface area contributed by atoms with Crippen LogP contribution in [0.25, 0.3) is 0 Å². The zero-order valence-electron chi connectivity index (χ0n) is 10.7. The summed E-state index contributed by atoms with van der Waals surface area (Å²) < 4.78 is 1.15. The largest absolute Gasteiger partial charge is 0.143 e. The third kappa shape index (κ3) is 3.06. The van der Waals surface area contributed by atoms with Gasteiger partial charge in [-0.1, -0.05) is 70.8 Å². The lowest BCUT2D eigenvalue weighted by Crippen LogP contribution is -2.07. The van der Waals surface area contributed by atoms with E-state index in [4.69, 9.17) is 0 Å². The standard InChI is InChI=1S/C15H16Br2S/c1-15(2,3)13-9-8-12(18-13)14(17)10-6-4-5-7-11(10)16/h4-9,14H,1-3H3. The zero-order chi connectivity index (χ0) is 13.3. The highest BCUT2D eigenvalue weighted by Crippen LogP contribution is 2.40. The van der Waals surface area contributed by atoms with Crippen molar-refractivity contribution >= 4 is 43.2 Å². The Bertz CT molecular complexity index is 537. The first kappa shape index (κ1) is 14.3. The van der Waals surface area contributed by atoms with Crippen molar-refractivity contribution in [3.63, 3.8) is 0 Å². The van der Waals surface area contributed by atoms with Gasteiger partial charge in [-0.05, 0) is 29.2 Å². The van der Waals surface area contributed by atoms with Crippen molar-refractivity contribution in [2.75, 3.05) is 0 Å². The summed E-state index contributed by atoms with van der Waals surface area (Å²) in [4.78, 5) is 3.04. The van der Waals surface area contributed by atoms with Crippen LogP contribution in [0.15, 0.2) is 40.9 Å². The molecule has 1 aromatic carbocycles. The fourth-order valence-corrected chi connectivity index (χ4v) is 4.44.